The number of sulfonamides is 1. The maximum atomic E-state index is 13.3. The van der Waals surface area contributed by atoms with Crippen LogP contribution in [0.15, 0.2) is 23.1 Å². The molecule has 2 fully saturated rings. The number of ether oxygens (including phenoxy) is 1. The zero-order valence-electron chi connectivity index (χ0n) is 18.7. The smallest absolute Gasteiger partial charge is 0.243 e. The quantitative estimate of drug-likeness (QED) is 0.632. The summed E-state index contributed by atoms with van der Waals surface area (Å²) in [6, 6.07) is 5.12. The Morgan fingerprint density at radius 3 is 2.69 bits per heavy atom. The summed E-state index contributed by atoms with van der Waals surface area (Å²) in [5.41, 5.74) is 1.29. The first kappa shape index (κ1) is 23.1. The predicted octanol–water partition coefficient (Wildman–Crippen LogP) is 2.32. The van der Waals surface area contributed by atoms with E-state index in [4.69, 9.17) is 4.74 Å². The third-order valence-corrected chi connectivity index (χ3v) is 8.45. The molecule has 1 atom stereocenters. The number of carbonyl (C=O) groups excluding carboxylic acids is 1. The number of rotatable bonds is 7. The fourth-order valence-electron chi connectivity index (χ4n) is 4.72. The summed E-state index contributed by atoms with van der Waals surface area (Å²) in [5, 5.41) is 11.4. The van der Waals surface area contributed by atoms with Gasteiger partial charge in [0.05, 0.1) is 29.5 Å². The zero-order chi connectivity index (χ0) is 22.6. The van der Waals surface area contributed by atoms with E-state index >= 15 is 0 Å². The highest BCUT2D eigenvalue weighted by atomic mass is 32.2. The van der Waals surface area contributed by atoms with Crippen LogP contribution < -0.4 is 5.32 Å². The van der Waals surface area contributed by atoms with Crippen LogP contribution in [0.25, 0.3) is 11.0 Å². The number of aromatic nitrogens is 3. The second-order valence-corrected chi connectivity index (χ2v) is 10.8. The SMILES string of the molecule is COCCn1nnc2cc(S(=O)(=O)N3CCC[C@H](C(=O)NC4CCCCCC4)C3)ccc21. The molecule has 1 aromatic heterocycles. The molecule has 2 aliphatic rings. The van der Waals surface area contributed by atoms with Crippen molar-refractivity contribution in [1.29, 1.82) is 0 Å². The molecule has 2 heterocycles. The molecule has 1 aromatic carbocycles. The minimum Gasteiger partial charge on any atom is -0.383 e. The summed E-state index contributed by atoms with van der Waals surface area (Å²) >= 11 is 0. The van der Waals surface area contributed by atoms with Crippen molar-refractivity contribution in [2.45, 2.75) is 68.8 Å². The molecule has 1 amide bonds. The maximum Gasteiger partial charge on any atom is 0.243 e. The molecule has 0 spiro atoms. The van der Waals surface area contributed by atoms with E-state index in [1.54, 1.807) is 30.0 Å². The van der Waals surface area contributed by atoms with E-state index in [1.807, 2.05) is 0 Å². The molecule has 0 unspecified atom stereocenters. The van der Waals surface area contributed by atoms with Crippen molar-refractivity contribution < 1.29 is 17.9 Å². The van der Waals surface area contributed by atoms with Crippen molar-refractivity contribution >= 4 is 27.0 Å². The summed E-state index contributed by atoms with van der Waals surface area (Å²) in [6.07, 6.45) is 8.19. The van der Waals surface area contributed by atoms with E-state index < -0.39 is 10.0 Å². The summed E-state index contributed by atoms with van der Waals surface area (Å²) in [6.45, 7) is 1.69. The summed E-state index contributed by atoms with van der Waals surface area (Å²) in [7, 11) is -2.10. The van der Waals surface area contributed by atoms with Crippen molar-refractivity contribution in [2.75, 3.05) is 26.8 Å². The summed E-state index contributed by atoms with van der Waals surface area (Å²) in [4.78, 5) is 13.1. The van der Waals surface area contributed by atoms with Crippen LogP contribution in [0, 0.1) is 5.92 Å². The van der Waals surface area contributed by atoms with Gasteiger partial charge in [-0.25, -0.2) is 13.1 Å². The van der Waals surface area contributed by atoms with Crippen LogP contribution in [0.1, 0.15) is 51.4 Å². The number of piperidine rings is 1. The Kier molecular flexibility index (Phi) is 7.42. The zero-order valence-corrected chi connectivity index (χ0v) is 19.5. The van der Waals surface area contributed by atoms with Crippen LogP contribution >= 0.6 is 0 Å². The molecule has 32 heavy (non-hydrogen) atoms. The number of hydrogen-bond donors (Lipinski definition) is 1. The lowest BCUT2D eigenvalue weighted by Gasteiger charge is -2.32. The van der Waals surface area contributed by atoms with Gasteiger partial charge in [0.1, 0.15) is 5.52 Å². The van der Waals surface area contributed by atoms with Gasteiger partial charge in [0.15, 0.2) is 0 Å². The molecule has 4 rings (SSSR count). The van der Waals surface area contributed by atoms with Gasteiger partial charge in [-0.1, -0.05) is 30.9 Å². The normalized spacial score (nSPS) is 21.5. The van der Waals surface area contributed by atoms with Gasteiger partial charge < -0.3 is 10.1 Å². The lowest BCUT2D eigenvalue weighted by Crippen LogP contribution is -2.47. The third kappa shape index (κ3) is 5.13. The van der Waals surface area contributed by atoms with Crippen molar-refractivity contribution in [3.05, 3.63) is 18.2 Å². The second kappa shape index (κ2) is 10.3. The van der Waals surface area contributed by atoms with E-state index in [0.29, 0.717) is 31.6 Å². The fourth-order valence-corrected chi connectivity index (χ4v) is 6.27. The lowest BCUT2D eigenvalue weighted by atomic mass is 9.97. The molecule has 0 bridgehead atoms. The first-order valence-electron chi connectivity index (χ1n) is 11.6. The Hall–Kier alpha value is -2.04. The van der Waals surface area contributed by atoms with Crippen molar-refractivity contribution in [3.8, 4) is 0 Å². The Bertz CT molecular complexity index is 1030. The van der Waals surface area contributed by atoms with E-state index in [2.05, 4.69) is 15.6 Å². The van der Waals surface area contributed by atoms with Crippen LogP contribution in [0.4, 0.5) is 0 Å². The molecular weight excluding hydrogens is 430 g/mol. The number of methoxy groups -OCH3 is 1. The fraction of sp³-hybridized carbons (Fsp3) is 0.682. The van der Waals surface area contributed by atoms with Crippen LogP contribution in [0.3, 0.4) is 0 Å². The van der Waals surface area contributed by atoms with Crippen molar-refractivity contribution in [2.24, 2.45) is 5.92 Å². The molecule has 1 aliphatic heterocycles. The highest BCUT2D eigenvalue weighted by Gasteiger charge is 2.34. The second-order valence-electron chi connectivity index (χ2n) is 8.86. The minimum atomic E-state index is -3.71. The molecular formula is C22H33N5O4S. The maximum absolute atomic E-state index is 13.3. The Balaban J connectivity index is 1.45. The predicted molar refractivity (Wildman–Crippen MR) is 121 cm³/mol. The molecule has 1 saturated carbocycles. The number of nitrogens with zero attached hydrogens (tertiary/aromatic N) is 4. The molecule has 1 saturated heterocycles. The average Bonchev–Trinajstić information content (AvgIpc) is 3.03. The first-order chi connectivity index (χ1) is 15.5. The number of amides is 1. The topological polar surface area (TPSA) is 106 Å². The molecule has 1 N–H and O–H groups in total. The molecule has 9 nitrogen and oxygen atoms in total. The van der Waals surface area contributed by atoms with Gasteiger partial charge in [0, 0.05) is 26.2 Å². The molecule has 0 radical (unpaired) electrons. The van der Waals surface area contributed by atoms with Crippen molar-refractivity contribution in [3.63, 3.8) is 0 Å². The summed E-state index contributed by atoms with van der Waals surface area (Å²) in [5.74, 6) is -0.311. The van der Waals surface area contributed by atoms with Gasteiger partial charge in [-0.2, -0.15) is 4.31 Å². The molecule has 2 aromatic rings. The number of carbonyl (C=O) groups is 1. The van der Waals surface area contributed by atoms with Crippen LogP contribution in [0.2, 0.25) is 0 Å². The standard InChI is InChI=1S/C22H33N5O4S/c1-31-14-13-27-21-11-10-19(15-20(21)24-25-27)32(29,30)26-12-6-7-17(16-26)22(28)23-18-8-4-2-3-5-9-18/h10-11,15,17-18H,2-9,12-14,16H2,1H3,(H,23,28)/t17-/m0/s1. The molecule has 10 heteroatoms. The minimum absolute atomic E-state index is 0.00617. The van der Waals surface area contributed by atoms with E-state index in [-0.39, 0.29) is 29.3 Å². The highest BCUT2D eigenvalue weighted by molar-refractivity contribution is 7.89. The summed E-state index contributed by atoms with van der Waals surface area (Å²) < 4.78 is 34.9. The highest BCUT2D eigenvalue weighted by Crippen LogP contribution is 2.26. The van der Waals surface area contributed by atoms with Crippen LogP contribution in [-0.4, -0.2) is 66.5 Å². The van der Waals surface area contributed by atoms with Gasteiger partial charge in [-0.15, -0.1) is 5.10 Å². The van der Waals surface area contributed by atoms with Crippen molar-refractivity contribution in [1.82, 2.24) is 24.6 Å². The van der Waals surface area contributed by atoms with Gasteiger partial charge >= 0.3 is 0 Å². The van der Waals surface area contributed by atoms with E-state index in [9.17, 15) is 13.2 Å². The van der Waals surface area contributed by atoms with Gasteiger partial charge in [0.2, 0.25) is 15.9 Å². The van der Waals surface area contributed by atoms with E-state index in [1.165, 1.54) is 17.1 Å². The number of benzene rings is 1. The molecule has 176 valence electrons. The third-order valence-electron chi connectivity index (χ3n) is 6.59. The molecule has 1 aliphatic carbocycles. The van der Waals surface area contributed by atoms with Crippen LogP contribution in [-0.2, 0) is 26.1 Å². The van der Waals surface area contributed by atoms with Crippen LogP contribution in [0.5, 0.6) is 0 Å². The number of hydrogen-bond acceptors (Lipinski definition) is 6. The lowest BCUT2D eigenvalue weighted by molar-refractivity contribution is -0.126. The average molecular weight is 464 g/mol. The Morgan fingerprint density at radius 1 is 1.16 bits per heavy atom. The van der Waals surface area contributed by atoms with E-state index in [0.717, 1.165) is 37.6 Å². The van der Waals surface area contributed by atoms with Gasteiger partial charge in [-0.05, 0) is 43.9 Å². The monoisotopic (exact) mass is 463 g/mol. The Labute approximate surface area is 189 Å². The number of fused-ring (bicyclic) bond motifs is 1. The largest absolute Gasteiger partial charge is 0.383 e. The number of nitrogens with one attached hydrogen (secondary N) is 1. The van der Waals surface area contributed by atoms with Gasteiger partial charge in [0.25, 0.3) is 0 Å². The first-order valence-corrected chi connectivity index (χ1v) is 13.1. The Morgan fingerprint density at radius 2 is 1.94 bits per heavy atom. The van der Waals surface area contributed by atoms with Gasteiger partial charge in [-0.3, -0.25) is 4.79 Å².